The van der Waals surface area contributed by atoms with Crippen molar-refractivity contribution in [3.63, 3.8) is 0 Å². The molecular formula is C20H18FN3OS. The van der Waals surface area contributed by atoms with Gasteiger partial charge in [0.1, 0.15) is 10.8 Å². The Hall–Kier alpha value is -2.86. The van der Waals surface area contributed by atoms with E-state index in [-0.39, 0.29) is 18.1 Å². The predicted octanol–water partition coefficient (Wildman–Crippen LogP) is 4.42. The number of thiazole rings is 1. The number of rotatable bonds is 6. The molecule has 1 heterocycles. The molecule has 1 amide bonds. The molecule has 1 aromatic heterocycles. The summed E-state index contributed by atoms with van der Waals surface area (Å²) in [7, 11) is 0. The fourth-order valence-corrected chi connectivity index (χ4v) is 3.23. The lowest BCUT2D eigenvalue weighted by Gasteiger charge is -2.05. The van der Waals surface area contributed by atoms with Crippen molar-refractivity contribution in [3.05, 3.63) is 76.4 Å². The van der Waals surface area contributed by atoms with E-state index in [1.165, 1.54) is 23.5 Å². The Labute approximate surface area is 155 Å². The van der Waals surface area contributed by atoms with Gasteiger partial charge < -0.3 is 0 Å². The fourth-order valence-electron chi connectivity index (χ4n) is 2.43. The van der Waals surface area contributed by atoms with Crippen molar-refractivity contribution in [2.75, 3.05) is 0 Å². The quantitative estimate of drug-likeness (QED) is 0.518. The van der Waals surface area contributed by atoms with Crippen LogP contribution in [-0.2, 0) is 11.2 Å². The second kappa shape index (κ2) is 8.49. The molecule has 132 valence electrons. The number of carbonyl (C=O) groups is 1. The minimum atomic E-state index is -0.300. The lowest BCUT2D eigenvalue weighted by atomic mass is 10.1. The standard InChI is InChI=1S/C20H18FN3OS/c1-2-17(15-8-10-16(21)11-9-15)23-24-19(25)12-20-22-18(13-26-20)14-6-4-3-5-7-14/h3-11,13H,2,12H2,1H3,(H,24,25)/b23-17-. The van der Waals surface area contributed by atoms with Crippen LogP contribution in [0.5, 0.6) is 0 Å². The number of halogens is 1. The van der Waals surface area contributed by atoms with Crippen LogP contribution in [0.1, 0.15) is 23.9 Å². The molecule has 2 aromatic carbocycles. The van der Waals surface area contributed by atoms with E-state index in [2.05, 4.69) is 15.5 Å². The molecule has 6 heteroatoms. The second-order valence-corrected chi connectivity index (χ2v) is 6.57. The summed E-state index contributed by atoms with van der Waals surface area (Å²) in [4.78, 5) is 16.7. The van der Waals surface area contributed by atoms with E-state index in [0.29, 0.717) is 12.1 Å². The first-order chi connectivity index (χ1) is 12.7. The maximum Gasteiger partial charge on any atom is 0.246 e. The first-order valence-electron chi connectivity index (χ1n) is 8.27. The largest absolute Gasteiger partial charge is 0.273 e. The molecule has 0 bridgehead atoms. The number of amides is 1. The van der Waals surface area contributed by atoms with E-state index in [1.807, 2.05) is 42.6 Å². The molecule has 0 aliphatic heterocycles. The van der Waals surface area contributed by atoms with Gasteiger partial charge in [0, 0.05) is 10.9 Å². The second-order valence-electron chi connectivity index (χ2n) is 5.62. The van der Waals surface area contributed by atoms with Gasteiger partial charge in [-0.1, -0.05) is 49.4 Å². The third-order valence-electron chi connectivity index (χ3n) is 3.76. The van der Waals surface area contributed by atoms with Crippen LogP contribution in [0.2, 0.25) is 0 Å². The number of benzene rings is 2. The third kappa shape index (κ3) is 4.61. The van der Waals surface area contributed by atoms with Gasteiger partial charge >= 0.3 is 0 Å². The zero-order chi connectivity index (χ0) is 18.4. The summed E-state index contributed by atoms with van der Waals surface area (Å²) in [6, 6.07) is 15.9. The Kier molecular flexibility index (Phi) is 5.86. The molecule has 0 spiro atoms. The van der Waals surface area contributed by atoms with Crippen LogP contribution in [0.25, 0.3) is 11.3 Å². The van der Waals surface area contributed by atoms with Crippen molar-refractivity contribution in [2.24, 2.45) is 5.10 Å². The molecule has 0 saturated heterocycles. The number of carbonyl (C=O) groups excluding carboxylic acids is 1. The van der Waals surface area contributed by atoms with Crippen LogP contribution in [0.15, 0.2) is 65.1 Å². The van der Waals surface area contributed by atoms with Crippen LogP contribution >= 0.6 is 11.3 Å². The fraction of sp³-hybridized carbons (Fsp3) is 0.150. The first-order valence-corrected chi connectivity index (χ1v) is 9.15. The average molecular weight is 367 g/mol. The van der Waals surface area contributed by atoms with Gasteiger partial charge in [-0.25, -0.2) is 14.8 Å². The van der Waals surface area contributed by atoms with Gasteiger partial charge in [-0.3, -0.25) is 4.79 Å². The number of hydrazone groups is 1. The van der Waals surface area contributed by atoms with Crippen LogP contribution in [0, 0.1) is 5.82 Å². The van der Waals surface area contributed by atoms with Gasteiger partial charge in [-0.15, -0.1) is 11.3 Å². The highest BCUT2D eigenvalue weighted by Crippen LogP contribution is 2.21. The van der Waals surface area contributed by atoms with Gasteiger partial charge in [-0.05, 0) is 24.1 Å². The minimum absolute atomic E-state index is 0.168. The number of nitrogens with zero attached hydrogens (tertiary/aromatic N) is 2. The molecule has 0 aliphatic rings. The van der Waals surface area contributed by atoms with E-state index in [1.54, 1.807) is 12.1 Å². The number of hydrogen-bond donors (Lipinski definition) is 1. The molecule has 26 heavy (non-hydrogen) atoms. The van der Waals surface area contributed by atoms with E-state index in [9.17, 15) is 9.18 Å². The number of nitrogens with one attached hydrogen (secondary N) is 1. The maximum atomic E-state index is 13.0. The SMILES string of the molecule is CC/C(=N/NC(=O)Cc1nc(-c2ccccc2)cs1)c1ccc(F)cc1. The molecule has 0 atom stereocenters. The summed E-state index contributed by atoms with van der Waals surface area (Å²) in [6.45, 7) is 1.93. The topological polar surface area (TPSA) is 54.4 Å². The van der Waals surface area contributed by atoms with Gasteiger partial charge in [0.05, 0.1) is 17.8 Å². The van der Waals surface area contributed by atoms with Crippen molar-refractivity contribution in [2.45, 2.75) is 19.8 Å². The van der Waals surface area contributed by atoms with Crippen molar-refractivity contribution in [1.82, 2.24) is 10.4 Å². The molecule has 0 radical (unpaired) electrons. The van der Waals surface area contributed by atoms with Crippen LogP contribution < -0.4 is 5.43 Å². The molecule has 0 saturated carbocycles. The highest BCUT2D eigenvalue weighted by atomic mass is 32.1. The summed E-state index contributed by atoms with van der Waals surface area (Å²) in [5.74, 6) is -0.529. The molecule has 0 unspecified atom stereocenters. The van der Waals surface area contributed by atoms with Gasteiger partial charge in [0.15, 0.2) is 0 Å². The van der Waals surface area contributed by atoms with Crippen LogP contribution in [-0.4, -0.2) is 16.6 Å². The Morgan fingerprint density at radius 1 is 1.15 bits per heavy atom. The van der Waals surface area contributed by atoms with Crippen molar-refractivity contribution in [3.8, 4) is 11.3 Å². The van der Waals surface area contributed by atoms with Crippen molar-refractivity contribution < 1.29 is 9.18 Å². The van der Waals surface area contributed by atoms with Gasteiger partial charge in [0.2, 0.25) is 5.91 Å². The lowest BCUT2D eigenvalue weighted by Crippen LogP contribution is -2.21. The van der Waals surface area contributed by atoms with Crippen LogP contribution in [0.4, 0.5) is 4.39 Å². The van der Waals surface area contributed by atoms with E-state index in [0.717, 1.165) is 21.8 Å². The molecule has 3 aromatic rings. The lowest BCUT2D eigenvalue weighted by molar-refractivity contribution is -0.120. The Morgan fingerprint density at radius 3 is 2.58 bits per heavy atom. The molecule has 4 nitrogen and oxygen atoms in total. The van der Waals surface area contributed by atoms with Crippen LogP contribution in [0.3, 0.4) is 0 Å². The summed E-state index contributed by atoms with van der Waals surface area (Å²) >= 11 is 1.45. The summed E-state index contributed by atoms with van der Waals surface area (Å²) in [5.41, 5.74) is 5.94. The Bertz CT molecular complexity index is 904. The summed E-state index contributed by atoms with van der Waals surface area (Å²) in [6.07, 6.45) is 0.794. The summed E-state index contributed by atoms with van der Waals surface area (Å²) < 4.78 is 13.0. The summed E-state index contributed by atoms with van der Waals surface area (Å²) in [5, 5.41) is 6.85. The zero-order valence-electron chi connectivity index (χ0n) is 14.3. The smallest absolute Gasteiger partial charge is 0.246 e. The van der Waals surface area contributed by atoms with Gasteiger partial charge in [0.25, 0.3) is 0 Å². The van der Waals surface area contributed by atoms with E-state index >= 15 is 0 Å². The molecule has 1 N–H and O–H groups in total. The monoisotopic (exact) mass is 367 g/mol. The predicted molar refractivity (Wildman–Crippen MR) is 103 cm³/mol. The van der Waals surface area contributed by atoms with E-state index in [4.69, 9.17) is 0 Å². The number of aromatic nitrogens is 1. The normalized spacial score (nSPS) is 11.4. The molecular weight excluding hydrogens is 349 g/mol. The number of hydrogen-bond acceptors (Lipinski definition) is 4. The highest BCUT2D eigenvalue weighted by molar-refractivity contribution is 7.10. The molecule has 0 aliphatic carbocycles. The molecule has 0 fully saturated rings. The highest BCUT2D eigenvalue weighted by Gasteiger charge is 2.09. The maximum absolute atomic E-state index is 13.0. The Balaban J connectivity index is 1.63. The molecule has 3 rings (SSSR count). The first kappa shape index (κ1) is 17.9. The zero-order valence-corrected chi connectivity index (χ0v) is 15.1. The van der Waals surface area contributed by atoms with E-state index < -0.39 is 0 Å². The van der Waals surface area contributed by atoms with Gasteiger partial charge in [-0.2, -0.15) is 5.10 Å². The average Bonchev–Trinajstić information content (AvgIpc) is 3.13. The third-order valence-corrected chi connectivity index (χ3v) is 4.61. The Morgan fingerprint density at radius 2 is 1.88 bits per heavy atom. The minimum Gasteiger partial charge on any atom is -0.273 e. The van der Waals surface area contributed by atoms with Crippen molar-refractivity contribution in [1.29, 1.82) is 0 Å². The van der Waals surface area contributed by atoms with Crippen molar-refractivity contribution >= 4 is 23.0 Å².